The average molecular weight is 279 g/mol. The van der Waals surface area contributed by atoms with Crippen molar-refractivity contribution in [2.45, 2.75) is 19.4 Å². The topological polar surface area (TPSA) is 85.8 Å². The lowest BCUT2D eigenvalue weighted by Gasteiger charge is -2.10. The van der Waals surface area contributed by atoms with Crippen molar-refractivity contribution in [1.29, 1.82) is 0 Å². The molecule has 1 amide bonds. The molecule has 0 aliphatic heterocycles. The molecule has 0 spiro atoms. The molecular formula is C12H17N5OS. The van der Waals surface area contributed by atoms with E-state index in [-0.39, 0.29) is 11.9 Å². The van der Waals surface area contributed by atoms with E-state index in [4.69, 9.17) is 5.73 Å². The van der Waals surface area contributed by atoms with Crippen LogP contribution in [-0.4, -0.2) is 27.2 Å². The Labute approximate surface area is 115 Å². The Balaban J connectivity index is 1.99. The molecule has 0 bridgehead atoms. The first-order chi connectivity index (χ1) is 9.10. The number of nitrogens with two attached hydrogens (primary N) is 1. The van der Waals surface area contributed by atoms with Gasteiger partial charge in [0.15, 0.2) is 0 Å². The third-order valence-corrected chi connectivity index (χ3v) is 3.62. The van der Waals surface area contributed by atoms with E-state index in [1.807, 2.05) is 20.2 Å². The Hall–Kier alpha value is -1.73. The number of aryl methyl sites for hydroxylation is 1. The van der Waals surface area contributed by atoms with E-state index in [0.717, 1.165) is 10.6 Å². The highest BCUT2D eigenvalue weighted by Crippen LogP contribution is 2.14. The minimum absolute atomic E-state index is 0.0964. The van der Waals surface area contributed by atoms with E-state index in [0.29, 0.717) is 18.7 Å². The van der Waals surface area contributed by atoms with Crippen LogP contribution in [0.5, 0.6) is 0 Å². The molecule has 0 radical (unpaired) electrons. The number of hydrogen-bond donors (Lipinski definition) is 2. The van der Waals surface area contributed by atoms with Crippen molar-refractivity contribution >= 4 is 17.2 Å². The summed E-state index contributed by atoms with van der Waals surface area (Å²) < 4.78 is 1.71. The predicted octanol–water partition coefficient (Wildman–Crippen LogP) is 0.869. The maximum atomic E-state index is 12.0. The van der Waals surface area contributed by atoms with Crippen molar-refractivity contribution in [2.24, 2.45) is 12.8 Å². The number of hydrogen-bond acceptors (Lipinski definition) is 5. The third-order valence-electron chi connectivity index (χ3n) is 2.72. The molecule has 0 fully saturated rings. The standard InChI is InChI=1S/C12H17N5OS/c1-8(9-5-14-17(2)6-9)15-12(18)10-7-19-11(16-10)3-4-13/h5-8H,3-4,13H2,1-2H3,(H,15,18). The molecule has 1 unspecified atom stereocenters. The summed E-state index contributed by atoms with van der Waals surface area (Å²) in [5, 5.41) is 9.64. The van der Waals surface area contributed by atoms with Gasteiger partial charge in [-0.1, -0.05) is 0 Å². The highest BCUT2D eigenvalue weighted by molar-refractivity contribution is 7.09. The summed E-state index contributed by atoms with van der Waals surface area (Å²) in [4.78, 5) is 16.3. The van der Waals surface area contributed by atoms with Crippen molar-refractivity contribution in [3.8, 4) is 0 Å². The zero-order valence-electron chi connectivity index (χ0n) is 11.0. The van der Waals surface area contributed by atoms with Crippen LogP contribution in [0.2, 0.25) is 0 Å². The van der Waals surface area contributed by atoms with Crippen molar-refractivity contribution < 1.29 is 4.79 Å². The van der Waals surface area contributed by atoms with Gasteiger partial charge in [0.2, 0.25) is 0 Å². The largest absolute Gasteiger partial charge is 0.344 e. The minimum atomic E-state index is -0.170. The lowest BCUT2D eigenvalue weighted by atomic mass is 10.2. The number of nitrogens with zero attached hydrogens (tertiary/aromatic N) is 3. The molecule has 2 rings (SSSR count). The normalized spacial score (nSPS) is 12.4. The Morgan fingerprint density at radius 3 is 3.05 bits per heavy atom. The monoisotopic (exact) mass is 279 g/mol. The number of carbonyl (C=O) groups is 1. The molecule has 6 nitrogen and oxygen atoms in total. The molecule has 7 heteroatoms. The smallest absolute Gasteiger partial charge is 0.271 e. The van der Waals surface area contributed by atoms with Crippen LogP contribution in [0.4, 0.5) is 0 Å². The molecule has 0 saturated carbocycles. The van der Waals surface area contributed by atoms with Crippen LogP contribution >= 0.6 is 11.3 Å². The summed E-state index contributed by atoms with van der Waals surface area (Å²) in [5.74, 6) is -0.170. The molecule has 1 atom stereocenters. The second-order valence-corrected chi connectivity index (χ2v) is 5.25. The number of rotatable bonds is 5. The molecule has 0 aliphatic rings. The molecule has 0 aliphatic carbocycles. The summed E-state index contributed by atoms with van der Waals surface area (Å²) >= 11 is 1.46. The van der Waals surface area contributed by atoms with Gasteiger partial charge < -0.3 is 11.1 Å². The molecular weight excluding hydrogens is 262 g/mol. The number of thiazole rings is 1. The minimum Gasteiger partial charge on any atom is -0.344 e. The zero-order chi connectivity index (χ0) is 13.8. The van der Waals surface area contributed by atoms with E-state index >= 15 is 0 Å². The Morgan fingerprint density at radius 2 is 2.42 bits per heavy atom. The van der Waals surface area contributed by atoms with Crippen LogP contribution < -0.4 is 11.1 Å². The third kappa shape index (κ3) is 3.39. The van der Waals surface area contributed by atoms with Crippen LogP contribution in [-0.2, 0) is 13.5 Å². The first-order valence-corrected chi connectivity index (χ1v) is 6.92. The first kappa shape index (κ1) is 13.7. The van der Waals surface area contributed by atoms with Gasteiger partial charge in [0.1, 0.15) is 5.69 Å². The number of amides is 1. The van der Waals surface area contributed by atoms with Gasteiger partial charge in [-0.3, -0.25) is 9.48 Å². The Kier molecular flexibility index (Phi) is 4.28. The fraction of sp³-hybridized carbons (Fsp3) is 0.417. The van der Waals surface area contributed by atoms with E-state index in [2.05, 4.69) is 15.4 Å². The van der Waals surface area contributed by atoms with E-state index in [1.165, 1.54) is 11.3 Å². The Bertz CT molecular complexity index is 562. The second-order valence-electron chi connectivity index (χ2n) is 4.31. The fourth-order valence-electron chi connectivity index (χ4n) is 1.67. The van der Waals surface area contributed by atoms with Gasteiger partial charge in [-0.2, -0.15) is 5.10 Å². The molecule has 19 heavy (non-hydrogen) atoms. The van der Waals surface area contributed by atoms with Gasteiger partial charge in [0, 0.05) is 30.6 Å². The summed E-state index contributed by atoms with van der Waals surface area (Å²) in [7, 11) is 1.84. The zero-order valence-corrected chi connectivity index (χ0v) is 11.8. The molecule has 2 aromatic heterocycles. The maximum absolute atomic E-state index is 12.0. The average Bonchev–Trinajstić information content (AvgIpc) is 2.98. The number of carbonyl (C=O) groups excluding carboxylic acids is 1. The van der Waals surface area contributed by atoms with Crippen molar-refractivity contribution in [3.63, 3.8) is 0 Å². The van der Waals surface area contributed by atoms with Crippen LogP contribution in [0.3, 0.4) is 0 Å². The van der Waals surface area contributed by atoms with E-state index < -0.39 is 0 Å². The number of aromatic nitrogens is 3. The summed E-state index contributed by atoms with van der Waals surface area (Å²) in [6.07, 6.45) is 4.33. The van der Waals surface area contributed by atoms with Gasteiger partial charge in [0.05, 0.1) is 17.2 Å². The quantitative estimate of drug-likeness (QED) is 0.850. The molecule has 0 saturated heterocycles. The highest BCUT2D eigenvalue weighted by atomic mass is 32.1. The summed E-state index contributed by atoms with van der Waals surface area (Å²) in [6, 6.07) is -0.0964. The SMILES string of the molecule is CC(NC(=O)c1csc(CCN)n1)c1cnn(C)c1. The van der Waals surface area contributed by atoms with Gasteiger partial charge in [0.25, 0.3) is 5.91 Å². The summed E-state index contributed by atoms with van der Waals surface area (Å²) in [6.45, 7) is 2.46. The van der Waals surface area contributed by atoms with E-state index in [1.54, 1.807) is 16.3 Å². The lowest BCUT2D eigenvalue weighted by molar-refractivity contribution is 0.0935. The first-order valence-electron chi connectivity index (χ1n) is 6.04. The Morgan fingerprint density at radius 1 is 1.63 bits per heavy atom. The van der Waals surface area contributed by atoms with Gasteiger partial charge in [-0.25, -0.2) is 4.98 Å². The fourth-order valence-corrected chi connectivity index (χ4v) is 2.47. The molecule has 102 valence electrons. The predicted molar refractivity (Wildman–Crippen MR) is 74.0 cm³/mol. The van der Waals surface area contributed by atoms with Crippen molar-refractivity contribution in [2.75, 3.05) is 6.54 Å². The van der Waals surface area contributed by atoms with E-state index in [9.17, 15) is 4.79 Å². The van der Waals surface area contributed by atoms with Crippen LogP contribution in [0, 0.1) is 0 Å². The second kappa shape index (κ2) is 5.94. The van der Waals surface area contributed by atoms with Crippen molar-refractivity contribution in [3.05, 3.63) is 34.0 Å². The maximum Gasteiger partial charge on any atom is 0.271 e. The van der Waals surface area contributed by atoms with Gasteiger partial charge in [-0.15, -0.1) is 11.3 Å². The van der Waals surface area contributed by atoms with Crippen LogP contribution in [0.25, 0.3) is 0 Å². The number of nitrogens with one attached hydrogen (secondary N) is 1. The summed E-state index contributed by atoms with van der Waals surface area (Å²) in [5.41, 5.74) is 6.88. The molecule has 2 heterocycles. The van der Waals surface area contributed by atoms with Crippen molar-refractivity contribution in [1.82, 2.24) is 20.1 Å². The molecule has 2 aromatic rings. The van der Waals surface area contributed by atoms with Gasteiger partial charge >= 0.3 is 0 Å². The van der Waals surface area contributed by atoms with Gasteiger partial charge in [-0.05, 0) is 13.5 Å². The highest BCUT2D eigenvalue weighted by Gasteiger charge is 2.15. The van der Waals surface area contributed by atoms with Crippen LogP contribution in [0.15, 0.2) is 17.8 Å². The van der Waals surface area contributed by atoms with Crippen LogP contribution in [0.1, 0.15) is 34.0 Å². The molecule has 0 aromatic carbocycles. The molecule has 3 N–H and O–H groups in total. The lowest BCUT2D eigenvalue weighted by Crippen LogP contribution is -2.26.